The van der Waals surface area contributed by atoms with Crippen LogP contribution >= 0.6 is 0 Å². The molecule has 2 fully saturated rings. The van der Waals surface area contributed by atoms with Gasteiger partial charge in [-0.2, -0.15) is 0 Å². The minimum Gasteiger partial charge on any atom is -0.504 e. The number of phenols is 1. The minimum absolute atomic E-state index is 0.259. The van der Waals surface area contributed by atoms with E-state index in [1.54, 1.807) is 0 Å². The number of phenolic OH excluding ortho intramolecular Hbond substituents is 1. The van der Waals surface area contributed by atoms with Crippen LogP contribution in [0.25, 0.3) is 10.9 Å². The van der Waals surface area contributed by atoms with Crippen LogP contribution in [0.1, 0.15) is 61.9 Å². The molecular weight excluding hydrogens is 436 g/mol. The Kier molecular flexibility index (Phi) is 3.91. The van der Waals surface area contributed by atoms with Gasteiger partial charge in [-0.05, 0) is 74.8 Å². The highest BCUT2D eigenvalue weighted by atomic mass is 16.5. The first-order valence-electron chi connectivity index (χ1n) is 13.5. The predicted octanol–water partition coefficient (Wildman–Crippen LogP) is 5.18. The molecule has 0 radical (unpaired) electrons. The fourth-order valence-electron chi connectivity index (χ4n) is 8.61. The van der Waals surface area contributed by atoms with Crippen molar-refractivity contribution in [2.75, 3.05) is 19.7 Å². The van der Waals surface area contributed by atoms with Crippen LogP contribution in [-0.4, -0.2) is 46.3 Å². The van der Waals surface area contributed by atoms with E-state index in [1.165, 1.54) is 47.2 Å². The maximum absolute atomic E-state index is 11.1. The molecule has 0 unspecified atom stereocenters. The Bertz CT molecular complexity index is 1380. The molecule has 2 aromatic carbocycles. The lowest BCUT2D eigenvalue weighted by Crippen LogP contribution is -2.79. The van der Waals surface area contributed by atoms with Gasteiger partial charge in [0.25, 0.3) is 0 Å². The minimum atomic E-state index is -0.631. The van der Waals surface area contributed by atoms with E-state index in [2.05, 4.69) is 54.1 Å². The van der Waals surface area contributed by atoms with Crippen LogP contribution in [0.3, 0.4) is 0 Å². The highest BCUT2D eigenvalue weighted by molar-refractivity contribution is 5.86. The van der Waals surface area contributed by atoms with Crippen LogP contribution in [0, 0.1) is 5.92 Å². The summed E-state index contributed by atoms with van der Waals surface area (Å²) < 4.78 is 14.2. The van der Waals surface area contributed by atoms with Crippen LogP contribution in [-0.2, 0) is 28.6 Å². The van der Waals surface area contributed by atoms with Gasteiger partial charge in [0, 0.05) is 42.1 Å². The van der Waals surface area contributed by atoms with Gasteiger partial charge in [0.15, 0.2) is 17.1 Å². The van der Waals surface area contributed by atoms with E-state index >= 15 is 0 Å². The lowest BCUT2D eigenvalue weighted by Gasteiger charge is -2.67. The number of rotatable bonds is 5. The molecular formula is C30H34N2O3. The second-order valence-electron chi connectivity index (χ2n) is 11.8. The topological polar surface area (TPSA) is 57.7 Å². The van der Waals surface area contributed by atoms with Crippen LogP contribution in [0.5, 0.6) is 11.5 Å². The molecule has 1 spiro atoms. The van der Waals surface area contributed by atoms with Crippen LogP contribution in [0.15, 0.2) is 36.4 Å². The number of nitrogens with one attached hydrogen (secondary N) is 1. The normalized spacial score (nSPS) is 34.5. The Balaban J connectivity index is 1.46. The largest absolute Gasteiger partial charge is 0.504 e. The van der Waals surface area contributed by atoms with Crippen molar-refractivity contribution in [3.8, 4) is 11.5 Å². The maximum atomic E-state index is 11.1. The lowest BCUT2D eigenvalue weighted by atomic mass is 9.45. The van der Waals surface area contributed by atoms with Gasteiger partial charge < -0.3 is 19.6 Å². The summed E-state index contributed by atoms with van der Waals surface area (Å²) in [5.74, 6) is 1.78. The van der Waals surface area contributed by atoms with E-state index in [0.717, 1.165) is 50.3 Å². The average molecular weight is 471 g/mol. The van der Waals surface area contributed by atoms with Crippen molar-refractivity contribution in [3.05, 3.63) is 58.8 Å². The van der Waals surface area contributed by atoms with Crippen molar-refractivity contribution < 1.29 is 14.6 Å². The molecule has 35 heavy (non-hydrogen) atoms. The number of fused-ring (bicyclic) bond motifs is 4. The molecule has 3 aliphatic carbocycles. The van der Waals surface area contributed by atoms with Crippen LogP contribution in [0.4, 0.5) is 0 Å². The van der Waals surface area contributed by atoms with Crippen molar-refractivity contribution >= 4 is 10.9 Å². The standard InChI is InChI=1S/C30H34N2O3/c1-3-14-34-30-16-21-20-6-4-5-7-22(20)31-27(21)28(2)29(30)12-13-32(17-18-8-9-18)24(30)15-19-10-11-23(33)26(35-28)25(19)29/h4-7,10-11,18,24,31,33H,3,8-9,12-17H2,1-2H3/t24-,28+,29+,30-/m1/s1. The number of likely N-dealkylation sites (tertiary alicyclic amines) is 1. The van der Waals surface area contributed by atoms with E-state index < -0.39 is 11.2 Å². The average Bonchev–Trinajstić information content (AvgIpc) is 3.53. The highest BCUT2D eigenvalue weighted by Crippen LogP contribution is 2.72. The third-order valence-electron chi connectivity index (χ3n) is 10.1. The van der Waals surface area contributed by atoms with E-state index in [4.69, 9.17) is 9.47 Å². The summed E-state index contributed by atoms with van der Waals surface area (Å²) in [6.45, 7) is 7.46. The lowest BCUT2D eigenvalue weighted by molar-refractivity contribution is -0.226. The van der Waals surface area contributed by atoms with Gasteiger partial charge >= 0.3 is 0 Å². The fourth-order valence-corrected chi connectivity index (χ4v) is 8.61. The molecule has 4 atom stereocenters. The zero-order chi connectivity index (χ0) is 23.6. The van der Waals surface area contributed by atoms with E-state index in [0.29, 0.717) is 11.8 Å². The summed E-state index contributed by atoms with van der Waals surface area (Å²) in [7, 11) is 0. The molecule has 5 nitrogen and oxygen atoms in total. The first-order valence-corrected chi connectivity index (χ1v) is 13.5. The van der Waals surface area contributed by atoms with Crippen molar-refractivity contribution in [1.29, 1.82) is 0 Å². The molecule has 3 aromatic rings. The highest BCUT2D eigenvalue weighted by Gasteiger charge is 2.78. The number of para-hydroxylation sites is 1. The second kappa shape index (κ2) is 6.63. The first-order chi connectivity index (χ1) is 17.0. The van der Waals surface area contributed by atoms with Gasteiger partial charge in [-0.15, -0.1) is 0 Å². The molecule has 1 aromatic heterocycles. The zero-order valence-corrected chi connectivity index (χ0v) is 20.7. The van der Waals surface area contributed by atoms with E-state index in [-0.39, 0.29) is 11.2 Å². The molecule has 5 aliphatic rings. The molecule has 3 heterocycles. The Morgan fingerprint density at radius 1 is 1.20 bits per heavy atom. The summed E-state index contributed by atoms with van der Waals surface area (Å²) in [6, 6.07) is 13.0. The number of hydrogen-bond acceptors (Lipinski definition) is 4. The van der Waals surface area contributed by atoms with Crippen molar-refractivity contribution in [1.82, 2.24) is 9.88 Å². The van der Waals surface area contributed by atoms with Crippen molar-refractivity contribution in [2.45, 2.75) is 75.0 Å². The number of aromatic hydroxyl groups is 1. The Morgan fingerprint density at radius 2 is 2.06 bits per heavy atom. The third kappa shape index (κ3) is 2.29. The monoisotopic (exact) mass is 470 g/mol. The number of piperidine rings is 1. The number of ether oxygens (including phenoxy) is 2. The predicted molar refractivity (Wildman–Crippen MR) is 135 cm³/mol. The second-order valence-corrected chi connectivity index (χ2v) is 11.8. The zero-order valence-electron chi connectivity index (χ0n) is 20.7. The molecule has 2 N–H and O–H groups in total. The quantitative estimate of drug-likeness (QED) is 0.539. The Hall–Kier alpha value is -2.50. The molecule has 0 amide bonds. The van der Waals surface area contributed by atoms with Gasteiger partial charge in [-0.25, -0.2) is 0 Å². The smallest absolute Gasteiger partial charge is 0.166 e. The third-order valence-corrected chi connectivity index (χ3v) is 10.1. The van der Waals surface area contributed by atoms with Gasteiger partial charge in [0.05, 0.1) is 11.1 Å². The summed E-state index contributed by atoms with van der Waals surface area (Å²) in [6.07, 6.45) is 6.53. The molecule has 5 heteroatoms. The van der Waals surface area contributed by atoms with Gasteiger partial charge in [0.2, 0.25) is 0 Å². The van der Waals surface area contributed by atoms with Gasteiger partial charge in [0.1, 0.15) is 5.60 Å². The maximum Gasteiger partial charge on any atom is 0.166 e. The van der Waals surface area contributed by atoms with Crippen molar-refractivity contribution in [3.63, 3.8) is 0 Å². The molecule has 182 valence electrons. The first kappa shape index (κ1) is 20.7. The molecule has 1 saturated carbocycles. The molecule has 2 aliphatic heterocycles. The Labute approximate surface area is 206 Å². The van der Waals surface area contributed by atoms with Crippen molar-refractivity contribution in [2.24, 2.45) is 5.92 Å². The van der Waals surface area contributed by atoms with Crippen LogP contribution in [0.2, 0.25) is 0 Å². The number of hydrogen-bond donors (Lipinski definition) is 2. The number of benzene rings is 2. The van der Waals surface area contributed by atoms with E-state index in [9.17, 15) is 5.11 Å². The summed E-state index contributed by atoms with van der Waals surface area (Å²) in [4.78, 5) is 6.57. The molecule has 2 bridgehead atoms. The SMILES string of the molecule is CCCO[C@@]12Cc3c([nH]c4ccccc34)[C@]3(C)Oc4c(O)ccc5c4[C@@]31CCN(CC1CC1)[C@@H]2C5. The summed E-state index contributed by atoms with van der Waals surface area (Å²) in [5.41, 5.74) is 4.87. The Morgan fingerprint density at radius 3 is 2.89 bits per heavy atom. The van der Waals surface area contributed by atoms with E-state index in [1.807, 2.05) is 6.07 Å². The van der Waals surface area contributed by atoms with Gasteiger partial charge in [-0.3, -0.25) is 4.90 Å². The van der Waals surface area contributed by atoms with Gasteiger partial charge in [-0.1, -0.05) is 31.2 Å². The number of nitrogens with zero attached hydrogens (tertiary/aromatic N) is 1. The fraction of sp³-hybridized carbons (Fsp3) is 0.533. The molecule has 8 rings (SSSR count). The summed E-state index contributed by atoms with van der Waals surface area (Å²) >= 11 is 0. The molecule has 1 saturated heterocycles. The number of aromatic amines is 1. The number of aromatic nitrogens is 1. The number of H-pyrrole nitrogens is 1. The van der Waals surface area contributed by atoms with Crippen LogP contribution < -0.4 is 4.74 Å². The summed E-state index contributed by atoms with van der Waals surface area (Å²) in [5, 5.41) is 12.3.